The topological polar surface area (TPSA) is 18.5 Å². The van der Waals surface area contributed by atoms with Crippen molar-refractivity contribution in [2.75, 3.05) is 13.2 Å². The molecule has 2 nitrogen and oxygen atoms in total. The van der Waals surface area contributed by atoms with E-state index in [0.29, 0.717) is 13.2 Å². The van der Waals surface area contributed by atoms with Crippen molar-refractivity contribution in [3.63, 3.8) is 0 Å². The van der Waals surface area contributed by atoms with E-state index in [1.165, 1.54) is 16.7 Å². The number of hydrogen-bond donors (Lipinski definition) is 0. The predicted octanol–water partition coefficient (Wildman–Crippen LogP) is 6.91. The first-order valence-corrected chi connectivity index (χ1v) is 9.80. The first-order chi connectivity index (χ1) is 13.3. The number of ether oxygens (including phenoxy) is 2. The molecular formula is C25H28O2. The molecule has 0 aromatic heterocycles. The summed E-state index contributed by atoms with van der Waals surface area (Å²) in [6.45, 7) is 7.85. The Morgan fingerprint density at radius 2 is 1.11 bits per heavy atom. The number of hydrogen-bond acceptors (Lipinski definition) is 2. The summed E-state index contributed by atoms with van der Waals surface area (Å²) >= 11 is 0. The molecule has 140 valence electrons. The van der Waals surface area contributed by atoms with Crippen molar-refractivity contribution in [3.05, 3.63) is 72.3 Å². The number of aryl methyl sites for hydroxylation is 1. The monoisotopic (exact) mass is 360 g/mol. The summed E-state index contributed by atoms with van der Waals surface area (Å²) in [5.74, 6) is 1.86. The first kappa shape index (κ1) is 19.0. The maximum absolute atomic E-state index is 6.05. The molecular weight excluding hydrogens is 332 g/mol. The Balaban J connectivity index is 2.16. The molecule has 27 heavy (non-hydrogen) atoms. The molecule has 0 heterocycles. The highest BCUT2D eigenvalue weighted by Crippen LogP contribution is 2.42. The van der Waals surface area contributed by atoms with Crippen LogP contribution in [0.2, 0.25) is 0 Å². The van der Waals surface area contributed by atoms with E-state index >= 15 is 0 Å². The molecule has 3 aromatic rings. The molecule has 0 fully saturated rings. The average molecular weight is 360 g/mol. The zero-order chi connectivity index (χ0) is 19.1. The molecule has 0 saturated carbocycles. The molecule has 0 saturated heterocycles. The number of benzene rings is 3. The summed E-state index contributed by atoms with van der Waals surface area (Å²) in [7, 11) is 0. The van der Waals surface area contributed by atoms with Crippen LogP contribution in [0, 0.1) is 6.92 Å². The normalized spacial score (nSPS) is 10.6. The van der Waals surface area contributed by atoms with Crippen molar-refractivity contribution < 1.29 is 9.47 Å². The van der Waals surface area contributed by atoms with Crippen LogP contribution in [0.3, 0.4) is 0 Å². The Morgan fingerprint density at radius 3 is 1.74 bits per heavy atom. The van der Waals surface area contributed by atoms with Gasteiger partial charge in [-0.3, -0.25) is 0 Å². The fourth-order valence-electron chi connectivity index (χ4n) is 3.29. The Labute approximate surface area is 162 Å². The minimum absolute atomic E-state index is 0.717. The van der Waals surface area contributed by atoms with E-state index in [2.05, 4.69) is 75.4 Å². The summed E-state index contributed by atoms with van der Waals surface area (Å²) in [6, 6.07) is 23.0. The second kappa shape index (κ2) is 9.27. The van der Waals surface area contributed by atoms with Crippen molar-refractivity contribution in [3.8, 4) is 33.8 Å². The maximum atomic E-state index is 6.05. The third-order valence-corrected chi connectivity index (χ3v) is 4.53. The summed E-state index contributed by atoms with van der Waals surface area (Å²) in [5, 5.41) is 0. The fourth-order valence-corrected chi connectivity index (χ4v) is 3.29. The Kier molecular flexibility index (Phi) is 6.54. The van der Waals surface area contributed by atoms with Gasteiger partial charge in [0.15, 0.2) is 0 Å². The molecule has 3 aromatic carbocycles. The molecule has 2 heteroatoms. The van der Waals surface area contributed by atoms with Gasteiger partial charge in [-0.15, -0.1) is 0 Å². The van der Waals surface area contributed by atoms with Gasteiger partial charge in [-0.25, -0.2) is 0 Å². The molecule has 0 N–H and O–H groups in total. The molecule has 0 radical (unpaired) electrons. The average Bonchev–Trinajstić information content (AvgIpc) is 2.71. The molecule has 0 aliphatic rings. The van der Waals surface area contributed by atoms with Crippen molar-refractivity contribution in [2.24, 2.45) is 0 Å². The second-order valence-electron chi connectivity index (χ2n) is 6.69. The highest BCUT2D eigenvalue weighted by Gasteiger charge is 2.16. The number of para-hydroxylation sites is 2. The molecule has 3 rings (SSSR count). The minimum Gasteiger partial charge on any atom is -0.493 e. The van der Waals surface area contributed by atoms with E-state index in [-0.39, 0.29) is 0 Å². The van der Waals surface area contributed by atoms with Crippen LogP contribution >= 0.6 is 0 Å². The van der Waals surface area contributed by atoms with Crippen molar-refractivity contribution >= 4 is 0 Å². The fraction of sp³-hybridized carbons (Fsp3) is 0.280. The minimum atomic E-state index is 0.717. The van der Waals surface area contributed by atoms with Gasteiger partial charge in [0, 0.05) is 11.1 Å². The van der Waals surface area contributed by atoms with Crippen LogP contribution in [0.15, 0.2) is 66.7 Å². The number of rotatable bonds is 8. The van der Waals surface area contributed by atoms with E-state index in [1.807, 2.05) is 12.1 Å². The van der Waals surface area contributed by atoms with Gasteiger partial charge in [0.1, 0.15) is 11.5 Å². The van der Waals surface area contributed by atoms with Gasteiger partial charge in [0.05, 0.1) is 13.2 Å². The van der Waals surface area contributed by atoms with E-state index in [0.717, 1.165) is 35.5 Å². The second-order valence-corrected chi connectivity index (χ2v) is 6.69. The van der Waals surface area contributed by atoms with Gasteiger partial charge in [-0.05, 0) is 48.6 Å². The van der Waals surface area contributed by atoms with Gasteiger partial charge in [0.25, 0.3) is 0 Å². The van der Waals surface area contributed by atoms with E-state index in [9.17, 15) is 0 Å². The molecule has 0 amide bonds. The zero-order valence-electron chi connectivity index (χ0n) is 16.5. The van der Waals surface area contributed by atoms with Gasteiger partial charge in [-0.2, -0.15) is 0 Å². The van der Waals surface area contributed by atoms with E-state index in [1.54, 1.807) is 0 Å². The van der Waals surface area contributed by atoms with E-state index < -0.39 is 0 Å². The summed E-state index contributed by atoms with van der Waals surface area (Å²) in [6.07, 6.45) is 1.98. The lowest BCUT2D eigenvalue weighted by Gasteiger charge is -2.19. The van der Waals surface area contributed by atoms with Gasteiger partial charge in [-0.1, -0.05) is 68.4 Å². The summed E-state index contributed by atoms with van der Waals surface area (Å²) in [5.41, 5.74) is 5.86. The summed E-state index contributed by atoms with van der Waals surface area (Å²) in [4.78, 5) is 0. The largest absolute Gasteiger partial charge is 0.493 e. The molecule has 0 spiro atoms. The van der Waals surface area contributed by atoms with Crippen LogP contribution < -0.4 is 9.47 Å². The highest BCUT2D eigenvalue weighted by atomic mass is 16.5. The lowest BCUT2D eigenvalue weighted by atomic mass is 9.90. The summed E-state index contributed by atoms with van der Waals surface area (Å²) < 4.78 is 12.1. The lowest BCUT2D eigenvalue weighted by Crippen LogP contribution is -2.00. The molecule has 0 atom stereocenters. The quantitative estimate of drug-likeness (QED) is 0.435. The molecule has 0 aliphatic heterocycles. The van der Waals surface area contributed by atoms with Gasteiger partial charge < -0.3 is 9.47 Å². The smallest absolute Gasteiger partial charge is 0.127 e. The third-order valence-electron chi connectivity index (χ3n) is 4.53. The Bertz CT molecular complexity index is 883. The SMILES string of the molecule is CCCOc1ccccc1-c1cccc(C)c1-c1ccccc1OCCC. The zero-order valence-corrected chi connectivity index (χ0v) is 16.5. The maximum Gasteiger partial charge on any atom is 0.127 e. The standard InChI is InChI=1S/C25H28O2/c1-4-17-26-23-15-8-6-12-20(23)21-14-10-11-19(3)25(21)22-13-7-9-16-24(22)27-18-5-2/h6-16H,4-5,17-18H2,1-3H3. The molecule has 0 unspecified atom stereocenters. The Morgan fingerprint density at radius 1 is 0.593 bits per heavy atom. The van der Waals surface area contributed by atoms with Crippen molar-refractivity contribution in [1.82, 2.24) is 0 Å². The van der Waals surface area contributed by atoms with Crippen molar-refractivity contribution in [2.45, 2.75) is 33.6 Å². The Hall–Kier alpha value is -2.74. The highest BCUT2D eigenvalue weighted by molar-refractivity contribution is 5.90. The van der Waals surface area contributed by atoms with Crippen LogP contribution in [0.4, 0.5) is 0 Å². The molecule has 0 aliphatic carbocycles. The van der Waals surface area contributed by atoms with Gasteiger partial charge >= 0.3 is 0 Å². The molecule has 0 bridgehead atoms. The van der Waals surface area contributed by atoms with Gasteiger partial charge in [0.2, 0.25) is 0 Å². The van der Waals surface area contributed by atoms with E-state index in [4.69, 9.17) is 9.47 Å². The predicted molar refractivity (Wildman–Crippen MR) is 114 cm³/mol. The van der Waals surface area contributed by atoms with Crippen LogP contribution in [0.5, 0.6) is 11.5 Å². The third kappa shape index (κ3) is 4.33. The van der Waals surface area contributed by atoms with Crippen LogP contribution in [-0.2, 0) is 0 Å². The first-order valence-electron chi connectivity index (χ1n) is 9.80. The van der Waals surface area contributed by atoms with Crippen LogP contribution in [-0.4, -0.2) is 13.2 Å². The lowest BCUT2D eigenvalue weighted by molar-refractivity contribution is 0.318. The van der Waals surface area contributed by atoms with Crippen molar-refractivity contribution in [1.29, 1.82) is 0 Å². The van der Waals surface area contributed by atoms with Crippen LogP contribution in [0.1, 0.15) is 32.3 Å². The van der Waals surface area contributed by atoms with Crippen LogP contribution in [0.25, 0.3) is 22.3 Å².